The maximum Gasteiger partial charge on any atom is 0.272 e. The van der Waals surface area contributed by atoms with E-state index in [4.69, 9.17) is 5.73 Å². The van der Waals surface area contributed by atoms with Crippen LogP contribution in [0.4, 0.5) is 16.0 Å². The van der Waals surface area contributed by atoms with Crippen LogP contribution in [-0.2, 0) is 6.54 Å². The summed E-state index contributed by atoms with van der Waals surface area (Å²) in [4.78, 5) is 18.5. The highest BCUT2D eigenvalue weighted by molar-refractivity contribution is 5.83. The molecule has 0 aliphatic rings. The Bertz CT molecular complexity index is 1180. The third-order valence-electron chi connectivity index (χ3n) is 4.00. The van der Waals surface area contributed by atoms with Crippen molar-refractivity contribution in [3.8, 4) is 5.82 Å². The van der Waals surface area contributed by atoms with Crippen LogP contribution in [0, 0.1) is 22.9 Å². The van der Waals surface area contributed by atoms with Crippen LogP contribution in [0.2, 0.25) is 0 Å². The number of fused-ring (bicyclic) bond motifs is 1. The molecular weight excluding hydrogens is 355 g/mol. The van der Waals surface area contributed by atoms with Crippen molar-refractivity contribution in [3.05, 3.63) is 63.8 Å². The van der Waals surface area contributed by atoms with Gasteiger partial charge in [-0.15, -0.1) is 0 Å². The van der Waals surface area contributed by atoms with Gasteiger partial charge in [0.1, 0.15) is 5.82 Å². The van der Waals surface area contributed by atoms with Crippen molar-refractivity contribution in [1.29, 1.82) is 0 Å². The van der Waals surface area contributed by atoms with E-state index in [1.165, 1.54) is 16.8 Å². The number of nitrogen functional groups attached to an aromatic ring is 1. The average molecular weight is 368 g/mol. The number of halogens is 1. The van der Waals surface area contributed by atoms with Crippen molar-refractivity contribution in [3.63, 3.8) is 0 Å². The lowest BCUT2D eigenvalue weighted by molar-refractivity contribution is -0.385. The van der Waals surface area contributed by atoms with Gasteiger partial charge in [-0.3, -0.25) is 10.1 Å². The number of nitrogens with zero attached hydrogens (tertiary/aromatic N) is 7. The van der Waals surface area contributed by atoms with E-state index < -0.39 is 10.7 Å². The van der Waals surface area contributed by atoms with Gasteiger partial charge < -0.3 is 5.73 Å². The topological polar surface area (TPSA) is 131 Å². The summed E-state index contributed by atoms with van der Waals surface area (Å²) in [6, 6.07) is 5.29. The Morgan fingerprint density at radius 3 is 2.78 bits per heavy atom. The molecule has 27 heavy (non-hydrogen) atoms. The van der Waals surface area contributed by atoms with Crippen LogP contribution in [0.25, 0.3) is 16.9 Å². The van der Waals surface area contributed by atoms with Crippen molar-refractivity contribution in [2.45, 2.75) is 13.5 Å². The molecular formula is C16H13FN8O2. The Labute approximate surface area is 151 Å². The first kappa shape index (κ1) is 16.6. The standard InChI is InChI=1S/C16H13FN8O2/c1-9-4-5-23(22-9)14-12-7-19-24(15(12)21-16(18)20-14)8-10-2-3-11(25(26)27)6-13(10)17/h2-7H,8H2,1H3,(H2,18,20,21). The second kappa shape index (κ2) is 6.12. The van der Waals surface area contributed by atoms with Crippen molar-refractivity contribution in [2.24, 2.45) is 0 Å². The molecule has 0 amide bonds. The van der Waals surface area contributed by atoms with Crippen LogP contribution >= 0.6 is 0 Å². The zero-order valence-corrected chi connectivity index (χ0v) is 14.1. The molecule has 4 rings (SSSR count). The minimum Gasteiger partial charge on any atom is -0.368 e. The largest absolute Gasteiger partial charge is 0.368 e. The smallest absolute Gasteiger partial charge is 0.272 e. The van der Waals surface area contributed by atoms with E-state index in [9.17, 15) is 14.5 Å². The van der Waals surface area contributed by atoms with Gasteiger partial charge in [0, 0.05) is 17.8 Å². The van der Waals surface area contributed by atoms with E-state index in [-0.39, 0.29) is 23.7 Å². The van der Waals surface area contributed by atoms with E-state index in [0.29, 0.717) is 16.9 Å². The molecule has 1 aromatic carbocycles. The molecule has 0 radical (unpaired) electrons. The van der Waals surface area contributed by atoms with Crippen molar-refractivity contribution in [2.75, 3.05) is 5.73 Å². The molecule has 0 spiro atoms. The van der Waals surface area contributed by atoms with E-state index in [0.717, 1.165) is 11.8 Å². The van der Waals surface area contributed by atoms with Gasteiger partial charge in [-0.2, -0.15) is 20.2 Å². The first-order chi connectivity index (χ1) is 12.9. The third kappa shape index (κ3) is 2.94. The fourth-order valence-corrected chi connectivity index (χ4v) is 2.72. The van der Waals surface area contributed by atoms with E-state index in [2.05, 4.69) is 20.2 Å². The first-order valence-electron chi connectivity index (χ1n) is 7.87. The normalized spacial score (nSPS) is 11.2. The van der Waals surface area contributed by atoms with Crippen LogP contribution in [-0.4, -0.2) is 34.5 Å². The van der Waals surface area contributed by atoms with Gasteiger partial charge in [0.25, 0.3) is 5.69 Å². The van der Waals surface area contributed by atoms with Gasteiger partial charge in [0.2, 0.25) is 5.95 Å². The van der Waals surface area contributed by atoms with E-state index >= 15 is 0 Å². The van der Waals surface area contributed by atoms with Crippen molar-refractivity contribution >= 4 is 22.7 Å². The zero-order valence-electron chi connectivity index (χ0n) is 14.1. The molecule has 10 nitrogen and oxygen atoms in total. The number of hydrogen-bond donors (Lipinski definition) is 1. The van der Waals surface area contributed by atoms with Crippen LogP contribution in [0.15, 0.2) is 36.7 Å². The fraction of sp³-hybridized carbons (Fsp3) is 0.125. The summed E-state index contributed by atoms with van der Waals surface area (Å²) in [5, 5.41) is 19.9. The number of anilines is 1. The molecule has 0 aliphatic carbocycles. The summed E-state index contributed by atoms with van der Waals surface area (Å²) in [5.41, 5.74) is 6.95. The minimum atomic E-state index is -0.696. The number of nitro benzene ring substituents is 1. The Balaban J connectivity index is 1.78. The first-order valence-corrected chi connectivity index (χ1v) is 7.87. The highest BCUT2D eigenvalue weighted by Crippen LogP contribution is 2.22. The molecule has 2 N–H and O–H groups in total. The third-order valence-corrected chi connectivity index (χ3v) is 4.00. The number of nitrogens with two attached hydrogens (primary N) is 1. The summed E-state index contributed by atoms with van der Waals surface area (Å²) in [6.45, 7) is 1.88. The second-order valence-corrected chi connectivity index (χ2v) is 5.88. The van der Waals surface area contributed by atoms with Crippen LogP contribution in [0.5, 0.6) is 0 Å². The Morgan fingerprint density at radius 1 is 1.30 bits per heavy atom. The molecule has 0 bridgehead atoms. The van der Waals surface area contributed by atoms with Gasteiger partial charge in [-0.05, 0) is 19.1 Å². The molecule has 4 aromatic rings. The lowest BCUT2D eigenvalue weighted by Crippen LogP contribution is -2.08. The van der Waals surface area contributed by atoms with Crippen LogP contribution < -0.4 is 5.73 Å². The Morgan fingerprint density at radius 2 is 2.11 bits per heavy atom. The monoisotopic (exact) mass is 368 g/mol. The van der Waals surface area contributed by atoms with Gasteiger partial charge in [-0.25, -0.2) is 13.8 Å². The number of nitro groups is 1. The minimum absolute atomic E-state index is 0.0246. The molecule has 0 saturated heterocycles. The predicted molar refractivity (Wildman–Crippen MR) is 93.8 cm³/mol. The summed E-state index contributed by atoms with van der Waals surface area (Å²) in [5.74, 6) is -0.213. The van der Waals surface area contributed by atoms with E-state index in [1.807, 2.05) is 13.0 Å². The molecule has 0 aliphatic heterocycles. The SMILES string of the molecule is Cc1ccn(-c2nc(N)nc3c2cnn3Cc2ccc([N+](=O)[O-])cc2F)n1. The van der Waals surface area contributed by atoms with Crippen LogP contribution in [0.3, 0.4) is 0 Å². The van der Waals surface area contributed by atoms with Crippen molar-refractivity contribution < 1.29 is 9.31 Å². The molecule has 0 unspecified atom stereocenters. The molecule has 0 fully saturated rings. The number of rotatable bonds is 4. The number of hydrogen-bond acceptors (Lipinski definition) is 7. The van der Waals surface area contributed by atoms with Crippen molar-refractivity contribution in [1.82, 2.24) is 29.5 Å². The van der Waals surface area contributed by atoms with Gasteiger partial charge in [0.05, 0.1) is 34.8 Å². The zero-order chi connectivity index (χ0) is 19.1. The Kier molecular flexibility index (Phi) is 3.76. The lowest BCUT2D eigenvalue weighted by Gasteiger charge is -2.07. The maximum absolute atomic E-state index is 14.2. The van der Waals surface area contributed by atoms with Gasteiger partial charge in [-0.1, -0.05) is 0 Å². The molecule has 0 atom stereocenters. The quantitative estimate of drug-likeness (QED) is 0.430. The highest BCUT2D eigenvalue weighted by atomic mass is 19.1. The number of benzene rings is 1. The number of aryl methyl sites for hydroxylation is 1. The van der Waals surface area contributed by atoms with Crippen LogP contribution in [0.1, 0.15) is 11.3 Å². The summed E-state index contributed by atoms with van der Waals surface area (Å²) < 4.78 is 17.2. The lowest BCUT2D eigenvalue weighted by atomic mass is 10.2. The summed E-state index contributed by atoms with van der Waals surface area (Å²) in [6.07, 6.45) is 3.29. The molecule has 136 valence electrons. The average Bonchev–Trinajstić information content (AvgIpc) is 3.22. The molecule has 3 aromatic heterocycles. The fourth-order valence-electron chi connectivity index (χ4n) is 2.72. The van der Waals surface area contributed by atoms with Gasteiger partial charge >= 0.3 is 0 Å². The number of aromatic nitrogens is 6. The summed E-state index contributed by atoms with van der Waals surface area (Å²) >= 11 is 0. The predicted octanol–water partition coefficient (Wildman–Crippen LogP) is 2.00. The summed E-state index contributed by atoms with van der Waals surface area (Å²) in [7, 11) is 0. The van der Waals surface area contributed by atoms with Gasteiger partial charge in [0.15, 0.2) is 11.5 Å². The highest BCUT2D eigenvalue weighted by Gasteiger charge is 2.16. The Hall–Kier alpha value is -3.89. The second-order valence-electron chi connectivity index (χ2n) is 5.88. The molecule has 11 heteroatoms. The molecule has 3 heterocycles. The van der Waals surface area contributed by atoms with E-state index in [1.54, 1.807) is 17.1 Å². The molecule has 0 saturated carbocycles. The number of non-ortho nitro benzene ring substituents is 1. The maximum atomic E-state index is 14.2.